The van der Waals surface area contributed by atoms with Gasteiger partial charge < -0.3 is 9.64 Å². The Hall–Kier alpha value is -3.37. The zero-order valence-electron chi connectivity index (χ0n) is 16.4. The van der Waals surface area contributed by atoms with Crippen LogP contribution in [0.3, 0.4) is 0 Å². The molecule has 0 atom stereocenters. The number of aromatic nitrogens is 1. The molecule has 2 aromatic carbocycles. The minimum atomic E-state index is -0.532. The van der Waals surface area contributed by atoms with E-state index in [1.54, 1.807) is 30.5 Å². The van der Waals surface area contributed by atoms with Crippen molar-refractivity contribution in [1.82, 2.24) is 4.98 Å². The van der Waals surface area contributed by atoms with E-state index in [0.29, 0.717) is 49.1 Å². The molecule has 0 radical (unpaired) electrons. The van der Waals surface area contributed by atoms with Gasteiger partial charge in [-0.2, -0.15) is 0 Å². The lowest BCUT2D eigenvalue weighted by atomic mass is 10.1. The van der Waals surface area contributed by atoms with Gasteiger partial charge in [0.1, 0.15) is 5.82 Å². The molecule has 1 fully saturated rings. The number of nitrogens with one attached hydrogen (secondary N) is 1. The van der Waals surface area contributed by atoms with Crippen LogP contribution in [0.1, 0.15) is 20.8 Å². The minimum Gasteiger partial charge on any atom is -0.378 e. The first-order valence-corrected chi connectivity index (χ1v) is 10.4. The van der Waals surface area contributed by atoms with Crippen molar-refractivity contribution in [3.63, 3.8) is 0 Å². The van der Waals surface area contributed by atoms with Crippen molar-refractivity contribution in [2.45, 2.75) is 6.42 Å². The van der Waals surface area contributed by atoms with E-state index in [0.717, 1.165) is 4.88 Å². The summed E-state index contributed by atoms with van der Waals surface area (Å²) in [7, 11) is 0. The molecule has 1 aromatic heterocycles. The lowest BCUT2D eigenvalue weighted by molar-refractivity contribution is -0.384. The van der Waals surface area contributed by atoms with E-state index < -0.39 is 10.8 Å². The number of hydrogen-bond acceptors (Lipinski definition) is 7. The van der Waals surface area contributed by atoms with E-state index in [1.807, 2.05) is 4.90 Å². The second-order valence-corrected chi connectivity index (χ2v) is 8.03. The number of halogens is 1. The Balaban J connectivity index is 1.55. The number of carbonyl (C=O) groups excluding carboxylic acids is 1. The van der Waals surface area contributed by atoms with Gasteiger partial charge >= 0.3 is 0 Å². The van der Waals surface area contributed by atoms with E-state index in [-0.39, 0.29) is 17.1 Å². The van der Waals surface area contributed by atoms with E-state index in [9.17, 15) is 19.3 Å². The quantitative estimate of drug-likeness (QED) is 0.460. The van der Waals surface area contributed by atoms with E-state index in [2.05, 4.69) is 10.3 Å². The van der Waals surface area contributed by atoms with Crippen LogP contribution in [0.4, 0.5) is 20.9 Å². The first-order valence-electron chi connectivity index (χ1n) is 9.62. The fourth-order valence-electron chi connectivity index (χ4n) is 3.34. The van der Waals surface area contributed by atoms with E-state index in [1.165, 1.54) is 29.5 Å². The third kappa shape index (κ3) is 4.86. The molecule has 1 N–H and O–H groups in total. The van der Waals surface area contributed by atoms with Crippen molar-refractivity contribution in [2.24, 2.45) is 0 Å². The van der Waals surface area contributed by atoms with Gasteiger partial charge in [0.05, 0.1) is 29.4 Å². The highest BCUT2D eigenvalue weighted by molar-refractivity contribution is 7.15. The zero-order valence-corrected chi connectivity index (χ0v) is 17.2. The highest BCUT2D eigenvalue weighted by atomic mass is 32.1. The van der Waals surface area contributed by atoms with Gasteiger partial charge in [0.25, 0.3) is 11.6 Å². The minimum absolute atomic E-state index is 0.165. The topological polar surface area (TPSA) is 97.6 Å². The van der Waals surface area contributed by atoms with E-state index in [4.69, 9.17) is 4.74 Å². The molecule has 4 rings (SSSR count). The van der Waals surface area contributed by atoms with Crippen LogP contribution in [0.25, 0.3) is 0 Å². The summed E-state index contributed by atoms with van der Waals surface area (Å²) >= 11 is 1.23. The predicted molar refractivity (Wildman–Crippen MR) is 115 cm³/mol. The van der Waals surface area contributed by atoms with Gasteiger partial charge in [0.15, 0.2) is 5.13 Å². The number of nitrogens with zero attached hydrogens (tertiary/aromatic N) is 3. The second kappa shape index (κ2) is 9.19. The smallest absolute Gasteiger partial charge is 0.270 e. The number of benzene rings is 2. The maximum atomic E-state index is 13.9. The van der Waals surface area contributed by atoms with Crippen molar-refractivity contribution in [3.8, 4) is 0 Å². The molecule has 0 bridgehead atoms. The number of amides is 1. The molecule has 0 spiro atoms. The SMILES string of the molecule is O=C(Nc1ncc(Cc2ccccc2F)s1)c1cc([N+](=O)[O-])ccc1N1CCOCC1. The number of morpholine rings is 1. The van der Waals surface area contributed by atoms with Crippen LogP contribution in [0.2, 0.25) is 0 Å². The number of ether oxygens (including phenoxy) is 1. The van der Waals surface area contributed by atoms with Gasteiger partial charge in [-0.25, -0.2) is 9.37 Å². The van der Waals surface area contributed by atoms with Crippen LogP contribution in [0.5, 0.6) is 0 Å². The number of thiazole rings is 1. The highest BCUT2D eigenvalue weighted by Crippen LogP contribution is 2.28. The normalized spacial score (nSPS) is 13.8. The standard InChI is InChI=1S/C21H19FN4O4S/c22-18-4-2-1-3-14(18)11-16-13-23-21(31-16)24-20(27)17-12-15(26(28)29)5-6-19(17)25-7-9-30-10-8-25/h1-6,12-13H,7-11H2,(H,23,24,27). The van der Waals surface area contributed by atoms with Crippen LogP contribution < -0.4 is 10.2 Å². The van der Waals surface area contributed by atoms with Gasteiger partial charge in [-0.1, -0.05) is 18.2 Å². The monoisotopic (exact) mass is 442 g/mol. The van der Waals surface area contributed by atoms with Crippen LogP contribution in [0.15, 0.2) is 48.7 Å². The molecular weight excluding hydrogens is 423 g/mol. The van der Waals surface area contributed by atoms with Crippen molar-refractivity contribution in [1.29, 1.82) is 0 Å². The highest BCUT2D eigenvalue weighted by Gasteiger charge is 2.23. The summed E-state index contributed by atoms with van der Waals surface area (Å²) in [4.78, 5) is 30.6. The Bertz CT molecular complexity index is 1110. The summed E-state index contributed by atoms with van der Waals surface area (Å²) in [5.41, 5.74) is 1.18. The molecule has 31 heavy (non-hydrogen) atoms. The largest absolute Gasteiger partial charge is 0.378 e. The molecular formula is C21H19FN4O4S. The molecule has 1 amide bonds. The maximum Gasteiger partial charge on any atom is 0.270 e. The summed E-state index contributed by atoms with van der Waals surface area (Å²) in [6.07, 6.45) is 1.94. The lowest BCUT2D eigenvalue weighted by Gasteiger charge is -2.30. The Labute approximate surface area is 181 Å². The first kappa shape index (κ1) is 20.9. The molecule has 0 unspecified atom stereocenters. The Morgan fingerprint density at radius 1 is 1.26 bits per heavy atom. The molecule has 1 aliphatic heterocycles. The van der Waals surface area contributed by atoms with Gasteiger partial charge in [0, 0.05) is 42.7 Å². The van der Waals surface area contributed by atoms with Crippen LogP contribution in [0, 0.1) is 15.9 Å². The van der Waals surface area contributed by atoms with Gasteiger partial charge in [-0.3, -0.25) is 20.2 Å². The van der Waals surface area contributed by atoms with Crippen molar-refractivity contribution < 1.29 is 18.8 Å². The summed E-state index contributed by atoms with van der Waals surface area (Å²) in [5.74, 6) is -0.787. The Kier molecular flexibility index (Phi) is 6.19. The Morgan fingerprint density at radius 2 is 2.03 bits per heavy atom. The molecule has 0 aliphatic carbocycles. The number of carbonyl (C=O) groups is 1. The third-order valence-corrected chi connectivity index (χ3v) is 5.80. The van der Waals surface area contributed by atoms with Gasteiger partial charge in [-0.15, -0.1) is 11.3 Å². The van der Waals surface area contributed by atoms with Crippen molar-refractivity contribution in [3.05, 3.63) is 80.6 Å². The number of hydrogen-bond donors (Lipinski definition) is 1. The van der Waals surface area contributed by atoms with Crippen molar-refractivity contribution >= 4 is 33.8 Å². The zero-order chi connectivity index (χ0) is 21.8. The average Bonchev–Trinajstić information content (AvgIpc) is 3.22. The molecule has 160 valence electrons. The number of rotatable bonds is 6. The summed E-state index contributed by atoms with van der Waals surface area (Å²) in [6, 6.07) is 10.7. The summed E-state index contributed by atoms with van der Waals surface area (Å²) < 4.78 is 19.2. The molecule has 3 aromatic rings. The predicted octanol–water partition coefficient (Wildman–Crippen LogP) is 3.87. The van der Waals surface area contributed by atoms with Crippen LogP contribution >= 0.6 is 11.3 Å². The van der Waals surface area contributed by atoms with Crippen molar-refractivity contribution in [2.75, 3.05) is 36.5 Å². The first-order chi connectivity index (χ1) is 15.0. The summed E-state index contributed by atoms with van der Waals surface area (Å²) in [5, 5.41) is 14.3. The fraction of sp³-hybridized carbons (Fsp3) is 0.238. The molecule has 0 saturated carbocycles. The molecule has 10 heteroatoms. The van der Waals surface area contributed by atoms with Gasteiger partial charge in [-0.05, 0) is 17.7 Å². The van der Waals surface area contributed by atoms with Crippen LogP contribution in [-0.4, -0.2) is 42.1 Å². The maximum absolute atomic E-state index is 13.9. The lowest BCUT2D eigenvalue weighted by Crippen LogP contribution is -2.37. The van der Waals surface area contributed by atoms with Gasteiger partial charge in [0.2, 0.25) is 0 Å². The van der Waals surface area contributed by atoms with E-state index >= 15 is 0 Å². The fourth-order valence-corrected chi connectivity index (χ4v) is 4.17. The average molecular weight is 442 g/mol. The molecule has 1 aliphatic rings. The second-order valence-electron chi connectivity index (χ2n) is 6.91. The molecule has 2 heterocycles. The third-order valence-electron chi connectivity index (χ3n) is 4.88. The molecule has 8 nitrogen and oxygen atoms in total. The number of nitro groups is 1. The number of anilines is 2. The number of nitro benzene ring substituents is 1. The van der Waals surface area contributed by atoms with Crippen LogP contribution in [-0.2, 0) is 11.2 Å². The summed E-state index contributed by atoms with van der Waals surface area (Å²) in [6.45, 7) is 2.21. The number of non-ortho nitro benzene ring substituents is 1. The molecule has 1 saturated heterocycles. The Morgan fingerprint density at radius 3 is 2.77 bits per heavy atom.